The van der Waals surface area contributed by atoms with Crippen LogP contribution >= 0.6 is 0 Å². The quantitative estimate of drug-likeness (QED) is 0.708. The van der Waals surface area contributed by atoms with Gasteiger partial charge in [-0.1, -0.05) is 35.9 Å². The van der Waals surface area contributed by atoms with Gasteiger partial charge in [0, 0.05) is 13.1 Å². The Morgan fingerprint density at radius 1 is 1.04 bits per heavy atom. The van der Waals surface area contributed by atoms with Crippen LogP contribution < -0.4 is 0 Å². The average Bonchev–Trinajstić information content (AvgIpc) is 2.54. The lowest BCUT2D eigenvalue weighted by Gasteiger charge is -2.21. The standard InChI is InChI=1S/C18H18F3NO2S/c1-3-12-22(25(23,24)17-10-4-14(2)5-11-17)13-15-6-8-16(9-7-15)18(19,20)21/h3-11H,1,12-13H2,2H3. The first-order valence-electron chi connectivity index (χ1n) is 7.48. The molecule has 0 aliphatic heterocycles. The SMILES string of the molecule is C=CCN(Cc1ccc(C(F)(F)F)cc1)S(=O)(=O)c1ccc(C)cc1. The Morgan fingerprint density at radius 3 is 2.08 bits per heavy atom. The number of sulfonamides is 1. The average molecular weight is 369 g/mol. The molecular weight excluding hydrogens is 351 g/mol. The van der Waals surface area contributed by atoms with Crippen molar-refractivity contribution in [3.8, 4) is 0 Å². The Balaban J connectivity index is 2.28. The Morgan fingerprint density at radius 2 is 1.60 bits per heavy atom. The van der Waals surface area contributed by atoms with E-state index in [2.05, 4.69) is 6.58 Å². The van der Waals surface area contributed by atoms with Crippen molar-refractivity contribution < 1.29 is 21.6 Å². The molecule has 2 aromatic rings. The van der Waals surface area contributed by atoms with Gasteiger partial charge in [0.1, 0.15) is 0 Å². The predicted molar refractivity (Wildman–Crippen MR) is 90.4 cm³/mol. The maximum Gasteiger partial charge on any atom is 0.416 e. The van der Waals surface area contributed by atoms with E-state index in [1.54, 1.807) is 12.1 Å². The fourth-order valence-electron chi connectivity index (χ4n) is 2.25. The Labute approximate surface area is 145 Å². The lowest BCUT2D eigenvalue weighted by Crippen LogP contribution is -2.30. The van der Waals surface area contributed by atoms with Gasteiger partial charge in [0.05, 0.1) is 10.5 Å². The van der Waals surface area contributed by atoms with Gasteiger partial charge in [0.2, 0.25) is 10.0 Å². The van der Waals surface area contributed by atoms with Gasteiger partial charge in [-0.25, -0.2) is 8.42 Å². The van der Waals surface area contributed by atoms with Gasteiger partial charge in [-0.05, 0) is 36.8 Å². The van der Waals surface area contributed by atoms with E-state index in [9.17, 15) is 21.6 Å². The van der Waals surface area contributed by atoms with Crippen LogP contribution in [-0.2, 0) is 22.7 Å². The van der Waals surface area contributed by atoms with Gasteiger partial charge < -0.3 is 0 Å². The van der Waals surface area contributed by atoms with E-state index in [1.807, 2.05) is 6.92 Å². The maximum absolute atomic E-state index is 12.8. The second-order valence-electron chi connectivity index (χ2n) is 5.59. The first-order valence-corrected chi connectivity index (χ1v) is 8.92. The fraction of sp³-hybridized carbons (Fsp3) is 0.222. The van der Waals surface area contributed by atoms with Crippen LogP contribution in [0.15, 0.2) is 66.1 Å². The topological polar surface area (TPSA) is 37.4 Å². The first kappa shape index (κ1) is 19.2. The second-order valence-corrected chi connectivity index (χ2v) is 7.53. The summed E-state index contributed by atoms with van der Waals surface area (Å²) < 4.78 is 64.6. The number of hydrogen-bond acceptors (Lipinski definition) is 2. The number of halogens is 3. The first-order chi connectivity index (χ1) is 11.6. The number of aryl methyl sites for hydroxylation is 1. The predicted octanol–water partition coefficient (Wildman–Crippen LogP) is 4.39. The highest BCUT2D eigenvalue weighted by molar-refractivity contribution is 7.89. The molecule has 0 aromatic heterocycles. The third-order valence-electron chi connectivity index (χ3n) is 3.63. The summed E-state index contributed by atoms with van der Waals surface area (Å²) in [5.41, 5.74) is 0.621. The highest BCUT2D eigenvalue weighted by Gasteiger charge is 2.30. The zero-order chi connectivity index (χ0) is 18.7. The molecule has 2 aromatic carbocycles. The van der Waals surface area contributed by atoms with Gasteiger partial charge in [-0.15, -0.1) is 6.58 Å². The van der Waals surface area contributed by atoms with E-state index in [1.165, 1.54) is 34.6 Å². The highest BCUT2D eigenvalue weighted by Crippen LogP contribution is 2.29. The van der Waals surface area contributed by atoms with E-state index in [-0.39, 0.29) is 18.0 Å². The minimum atomic E-state index is -4.42. The molecule has 134 valence electrons. The minimum absolute atomic E-state index is 0.0413. The molecule has 7 heteroatoms. The molecule has 0 bridgehead atoms. The molecule has 3 nitrogen and oxygen atoms in total. The molecule has 0 atom stereocenters. The van der Waals surface area contributed by atoms with E-state index >= 15 is 0 Å². The monoisotopic (exact) mass is 369 g/mol. The van der Waals surface area contributed by atoms with Crippen molar-refractivity contribution in [1.82, 2.24) is 4.31 Å². The number of nitrogens with zero attached hydrogens (tertiary/aromatic N) is 1. The summed E-state index contributed by atoms with van der Waals surface area (Å²) in [6, 6.07) is 10.8. The number of rotatable bonds is 6. The largest absolute Gasteiger partial charge is 0.416 e. The van der Waals surface area contributed by atoms with Crippen LogP contribution in [-0.4, -0.2) is 19.3 Å². The lowest BCUT2D eigenvalue weighted by molar-refractivity contribution is -0.137. The molecular formula is C18H18F3NO2S. The van der Waals surface area contributed by atoms with E-state index in [4.69, 9.17) is 0 Å². The lowest BCUT2D eigenvalue weighted by atomic mass is 10.1. The molecule has 0 spiro atoms. The summed E-state index contributed by atoms with van der Waals surface area (Å²) in [5.74, 6) is 0. The Kier molecular flexibility index (Phi) is 5.69. The Hall–Kier alpha value is -2.12. The molecule has 0 saturated carbocycles. The van der Waals surface area contributed by atoms with Gasteiger partial charge in [0.25, 0.3) is 0 Å². The van der Waals surface area contributed by atoms with Crippen LogP contribution in [0.3, 0.4) is 0 Å². The summed E-state index contributed by atoms with van der Waals surface area (Å²) in [4.78, 5) is 0.131. The molecule has 0 radical (unpaired) electrons. The van der Waals surface area contributed by atoms with Gasteiger partial charge >= 0.3 is 6.18 Å². The van der Waals surface area contributed by atoms with E-state index in [0.717, 1.165) is 17.7 Å². The molecule has 0 aliphatic rings. The fourth-order valence-corrected chi connectivity index (χ4v) is 3.65. The van der Waals surface area contributed by atoms with Crippen LogP contribution in [0.1, 0.15) is 16.7 Å². The van der Waals surface area contributed by atoms with E-state index < -0.39 is 21.8 Å². The molecule has 0 fully saturated rings. The summed E-state index contributed by atoms with van der Waals surface area (Å²) in [6.45, 7) is 5.41. The Bertz CT molecular complexity index is 826. The molecule has 0 amide bonds. The molecule has 0 saturated heterocycles. The van der Waals surface area contributed by atoms with Crippen molar-refractivity contribution in [2.75, 3.05) is 6.54 Å². The maximum atomic E-state index is 12.8. The van der Waals surface area contributed by atoms with Crippen LogP contribution in [0, 0.1) is 6.92 Å². The van der Waals surface area contributed by atoms with Crippen molar-refractivity contribution in [2.24, 2.45) is 0 Å². The third-order valence-corrected chi connectivity index (χ3v) is 5.46. The third kappa shape index (κ3) is 4.70. The van der Waals surface area contributed by atoms with Gasteiger partial charge in [0.15, 0.2) is 0 Å². The van der Waals surface area contributed by atoms with Crippen molar-refractivity contribution in [2.45, 2.75) is 24.5 Å². The number of hydrogen-bond donors (Lipinski definition) is 0. The number of alkyl halides is 3. The number of benzene rings is 2. The molecule has 0 unspecified atom stereocenters. The van der Waals surface area contributed by atoms with Crippen molar-refractivity contribution >= 4 is 10.0 Å². The summed E-state index contributed by atoms with van der Waals surface area (Å²) in [7, 11) is -3.78. The molecule has 25 heavy (non-hydrogen) atoms. The van der Waals surface area contributed by atoms with Crippen molar-refractivity contribution in [1.29, 1.82) is 0 Å². The molecule has 0 heterocycles. The van der Waals surface area contributed by atoms with Gasteiger partial charge in [-0.3, -0.25) is 0 Å². The van der Waals surface area contributed by atoms with Crippen LogP contribution in [0.4, 0.5) is 13.2 Å². The van der Waals surface area contributed by atoms with Crippen LogP contribution in [0.5, 0.6) is 0 Å². The van der Waals surface area contributed by atoms with Crippen molar-refractivity contribution in [3.05, 3.63) is 77.9 Å². The summed E-state index contributed by atoms with van der Waals surface area (Å²) in [6.07, 6.45) is -2.98. The molecule has 0 aliphatic carbocycles. The highest BCUT2D eigenvalue weighted by atomic mass is 32.2. The minimum Gasteiger partial charge on any atom is -0.207 e. The zero-order valence-electron chi connectivity index (χ0n) is 13.6. The zero-order valence-corrected chi connectivity index (χ0v) is 14.4. The van der Waals surface area contributed by atoms with Gasteiger partial charge in [-0.2, -0.15) is 17.5 Å². The smallest absolute Gasteiger partial charge is 0.207 e. The van der Waals surface area contributed by atoms with Crippen molar-refractivity contribution in [3.63, 3.8) is 0 Å². The van der Waals surface area contributed by atoms with Crippen LogP contribution in [0.25, 0.3) is 0 Å². The second kappa shape index (κ2) is 7.41. The summed E-state index contributed by atoms with van der Waals surface area (Å²) in [5, 5.41) is 0. The molecule has 2 rings (SSSR count). The summed E-state index contributed by atoms with van der Waals surface area (Å²) >= 11 is 0. The van der Waals surface area contributed by atoms with Crippen LogP contribution in [0.2, 0.25) is 0 Å². The normalized spacial score (nSPS) is 12.4. The van der Waals surface area contributed by atoms with E-state index in [0.29, 0.717) is 5.56 Å². The molecule has 0 N–H and O–H groups in total.